The lowest BCUT2D eigenvalue weighted by Crippen LogP contribution is -2.29. The smallest absolute Gasteiger partial charge is 0.266 e. The third kappa shape index (κ3) is 2.97. The Hall–Kier alpha value is -3.19. The molecule has 0 radical (unpaired) electrons. The monoisotopic (exact) mass is 340 g/mol. The summed E-state index contributed by atoms with van der Waals surface area (Å²) in [5.41, 5.74) is 1.40. The number of hydrogen-bond donors (Lipinski definition) is 1. The number of hydrogen-bond acceptors (Lipinski definition) is 5. The molecule has 128 valence electrons. The highest BCUT2D eigenvalue weighted by Crippen LogP contribution is 2.34. The SMILES string of the molecule is COCC(=O)Nc1cc(N2C(=O)c3ccccc3C2=O)ccc1OC. The molecule has 3 amide bonds. The first-order valence-corrected chi connectivity index (χ1v) is 7.51. The number of nitrogens with zero attached hydrogens (tertiary/aromatic N) is 1. The molecule has 0 aliphatic carbocycles. The van der Waals surface area contributed by atoms with E-state index in [2.05, 4.69) is 5.32 Å². The number of anilines is 2. The zero-order chi connectivity index (χ0) is 18.0. The molecule has 1 heterocycles. The molecule has 0 aromatic heterocycles. The fraction of sp³-hybridized carbons (Fsp3) is 0.167. The van der Waals surface area contributed by atoms with Gasteiger partial charge in [-0.2, -0.15) is 0 Å². The summed E-state index contributed by atoms with van der Waals surface area (Å²) in [4.78, 5) is 38.0. The minimum absolute atomic E-state index is 0.125. The second kappa shape index (κ2) is 6.74. The van der Waals surface area contributed by atoms with Gasteiger partial charge in [-0.1, -0.05) is 12.1 Å². The van der Waals surface area contributed by atoms with Gasteiger partial charge in [-0.25, -0.2) is 4.90 Å². The van der Waals surface area contributed by atoms with E-state index in [1.54, 1.807) is 36.4 Å². The van der Waals surface area contributed by atoms with Crippen molar-refractivity contribution < 1.29 is 23.9 Å². The quantitative estimate of drug-likeness (QED) is 0.843. The van der Waals surface area contributed by atoms with Gasteiger partial charge in [0, 0.05) is 7.11 Å². The molecule has 2 aromatic rings. The van der Waals surface area contributed by atoms with Crippen LogP contribution in [0, 0.1) is 0 Å². The van der Waals surface area contributed by atoms with E-state index in [0.29, 0.717) is 28.3 Å². The van der Waals surface area contributed by atoms with Gasteiger partial charge in [0.05, 0.1) is 29.6 Å². The minimum Gasteiger partial charge on any atom is -0.495 e. The zero-order valence-electron chi connectivity index (χ0n) is 13.7. The standard InChI is InChI=1S/C18H16N2O5/c1-24-10-16(21)19-14-9-11(7-8-15(14)25-2)20-17(22)12-5-3-4-6-13(12)18(20)23/h3-9H,10H2,1-2H3,(H,19,21). The van der Waals surface area contributed by atoms with E-state index in [4.69, 9.17) is 9.47 Å². The molecule has 0 saturated carbocycles. The predicted molar refractivity (Wildman–Crippen MR) is 91.1 cm³/mol. The molecular formula is C18H16N2O5. The highest BCUT2D eigenvalue weighted by atomic mass is 16.5. The molecule has 0 fully saturated rings. The summed E-state index contributed by atoms with van der Waals surface area (Å²) in [7, 11) is 2.87. The molecule has 1 N–H and O–H groups in total. The molecule has 7 nitrogen and oxygen atoms in total. The largest absolute Gasteiger partial charge is 0.495 e. The second-order valence-corrected chi connectivity index (χ2v) is 5.36. The van der Waals surface area contributed by atoms with Crippen LogP contribution in [0.3, 0.4) is 0 Å². The molecule has 1 aliphatic rings. The van der Waals surface area contributed by atoms with E-state index in [1.165, 1.54) is 20.3 Å². The van der Waals surface area contributed by atoms with Gasteiger partial charge in [-0.3, -0.25) is 14.4 Å². The van der Waals surface area contributed by atoms with Gasteiger partial charge in [0.25, 0.3) is 11.8 Å². The molecule has 0 unspecified atom stereocenters. The van der Waals surface area contributed by atoms with Gasteiger partial charge in [-0.15, -0.1) is 0 Å². The first kappa shape index (κ1) is 16.7. The molecule has 1 aliphatic heterocycles. The number of carbonyl (C=O) groups is 3. The second-order valence-electron chi connectivity index (χ2n) is 5.36. The van der Waals surface area contributed by atoms with Crippen LogP contribution >= 0.6 is 0 Å². The van der Waals surface area contributed by atoms with Gasteiger partial charge >= 0.3 is 0 Å². The van der Waals surface area contributed by atoms with Gasteiger partial charge in [0.2, 0.25) is 5.91 Å². The Morgan fingerprint density at radius 1 is 1.04 bits per heavy atom. The molecule has 0 saturated heterocycles. The molecule has 3 rings (SSSR count). The zero-order valence-corrected chi connectivity index (χ0v) is 13.7. The lowest BCUT2D eigenvalue weighted by Gasteiger charge is -2.17. The summed E-state index contributed by atoms with van der Waals surface area (Å²) in [6.07, 6.45) is 0. The van der Waals surface area contributed by atoms with E-state index in [9.17, 15) is 14.4 Å². The number of imide groups is 1. The van der Waals surface area contributed by atoms with Crippen LogP contribution in [0.25, 0.3) is 0 Å². The highest BCUT2D eigenvalue weighted by molar-refractivity contribution is 6.34. The third-order valence-corrected chi connectivity index (χ3v) is 3.78. The van der Waals surface area contributed by atoms with E-state index < -0.39 is 11.8 Å². The third-order valence-electron chi connectivity index (χ3n) is 3.78. The first-order valence-electron chi connectivity index (χ1n) is 7.51. The van der Waals surface area contributed by atoms with Crippen LogP contribution in [-0.4, -0.2) is 38.5 Å². The first-order chi connectivity index (χ1) is 12.1. The van der Waals surface area contributed by atoms with Crippen LogP contribution in [0.4, 0.5) is 11.4 Å². The molecule has 25 heavy (non-hydrogen) atoms. The van der Waals surface area contributed by atoms with Crippen molar-refractivity contribution in [2.24, 2.45) is 0 Å². The molecule has 0 spiro atoms. The van der Waals surface area contributed by atoms with Gasteiger partial charge in [0.15, 0.2) is 0 Å². The predicted octanol–water partition coefficient (Wildman–Crippen LogP) is 2.08. The average Bonchev–Trinajstić information content (AvgIpc) is 2.86. The Morgan fingerprint density at radius 2 is 1.68 bits per heavy atom. The number of ether oxygens (including phenoxy) is 2. The Kier molecular flexibility index (Phi) is 4.49. The molecule has 2 aromatic carbocycles. The van der Waals surface area contributed by atoms with Crippen molar-refractivity contribution in [2.75, 3.05) is 31.0 Å². The molecule has 0 bridgehead atoms. The van der Waals surface area contributed by atoms with Crippen LogP contribution in [0.2, 0.25) is 0 Å². The number of fused-ring (bicyclic) bond motifs is 1. The maximum Gasteiger partial charge on any atom is 0.266 e. The van der Waals surface area contributed by atoms with Gasteiger partial charge in [0.1, 0.15) is 12.4 Å². The maximum atomic E-state index is 12.6. The summed E-state index contributed by atoms with van der Waals surface area (Å²) in [6.45, 7) is -0.125. The molecule has 0 atom stereocenters. The summed E-state index contributed by atoms with van der Waals surface area (Å²) >= 11 is 0. The normalized spacial score (nSPS) is 13.0. The van der Waals surface area contributed by atoms with Crippen LogP contribution in [0.15, 0.2) is 42.5 Å². The van der Waals surface area contributed by atoms with Crippen LogP contribution in [-0.2, 0) is 9.53 Å². The summed E-state index contributed by atoms with van der Waals surface area (Å²) < 4.78 is 10.00. The molecule has 7 heteroatoms. The van der Waals surface area contributed by atoms with Crippen LogP contribution in [0.5, 0.6) is 5.75 Å². The number of rotatable bonds is 5. The topological polar surface area (TPSA) is 84.9 Å². The average molecular weight is 340 g/mol. The van der Waals surface area contributed by atoms with E-state index >= 15 is 0 Å². The molecular weight excluding hydrogens is 324 g/mol. The van der Waals surface area contributed by atoms with Gasteiger partial charge < -0.3 is 14.8 Å². The lowest BCUT2D eigenvalue weighted by atomic mass is 10.1. The van der Waals surface area contributed by atoms with Crippen molar-refractivity contribution in [1.82, 2.24) is 0 Å². The van der Waals surface area contributed by atoms with Crippen molar-refractivity contribution in [2.45, 2.75) is 0 Å². The Bertz CT molecular complexity index is 827. The number of nitrogens with one attached hydrogen (secondary N) is 1. The van der Waals surface area contributed by atoms with Crippen molar-refractivity contribution in [3.63, 3.8) is 0 Å². The van der Waals surface area contributed by atoms with Crippen molar-refractivity contribution in [1.29, 1.82) is 0 Å². The van der Waals surface area contributed by atoms with Crippen molar-refractivity contribution in [3.05, 3.63) is 53.6 Å². The van der Waals surface area contributed by atoms with Crippen LogP contribution < -0.4 is 15.0 Å². The lowest BCUT2D eigenvalue weighted by molar-refractivity contribution is -0.119. The fourth-order valence-electron chi connectivity index (χ4n) is 2.67. The number of benzene rings is 2. The fourth-order valence-corrected chi connectivity index (χ4v) is 2.67. The van der Waals surface area contributed by atoms with E-state index in [-0.39, 0.29) is 12.5 Å². The number of carbonyl (C=O) groups excluding carboxylic acids is 3. The summed E-state index contributed by atoms with van der Waals surface area (Å²) in [5.74, 6) is -0.773. The van der Waals surface area contributed by atoms with Crippen molar-refractivity contribution in [3.8, 4) is 5.75 Å². The Morgan fingerprint density at radius 3 is 2.24 bits per heavy atom. The van der Waals surface area contributed by atoms with E-state index in [1.807, 2.05) is 0 Å². The maximum absolute atomic E-state index is 12.6. The van der Waals surface area contributed by atoms with Gasteiger partial charge in [-0.05, 0) is 30.3 Å². The Balaban J connectivity index is 1.97. The minimum atomic E-state index is -0.403. The van der Waals surface area contributed by atoms with E-state index in [0.717, 1.165) is 4.90 Å². The Labute approximate surface area is 144 Å². The summed E-state index contributed by atoms with van der Waals surface area (Å²) in [6, 6.07) is 11.3. The highest BCUT2D eigenvalue weighted by Gasteiger charge is 2.36. The van der Waals surface area contributed by atoms with Crippen molar-refractivity contribution >= 4 is 29.1 Å². The number of methoxy groups -OCH3 is 2. The number of amides is 3. The van der Waals surface area contributed by atoms with Crippen LogP contribution in [0.1, 0.15) is 20.7 Å². The summed E-state index contributed by atoms with van der Waals surface area (Å²) in [5, 5.41) is 2.64.